The van der Waals surface area contributed by atoms with Crippen LogP contribution < -0.4 is 4.74 Å². The zero-order chi connectivity index (χ0) is 23.6. The van der Waals surface area contributed by atoms with Crippen LogP contribution in [-0.2, 0) is 27.3 Å². The number of aliphatic carboxylic acids is 1. The molecule has 1 fully saturated rings. The number of amides is 1. The summed E-state index contributed by atoms with van der Waals surface area (Å²) in [5.74, 6) is -0.191. The molecule has 33 heavy (non-hydrogen) atoms. The van der Waals surface area contributed by atoms with Crippen molar-refractivity contribution in [1.82, 2.24) is 4.90 Å². The Morgan fingerprint density at radius 2 is 1.76 bits per heavy atom. The molecule has 0 aromatic heterocycles. The summed E-state index contributed by atoms with van der Waals surface area (Å²) in [5, 5.41) is 9.21. The smallest absolute Gasteiger partial charge is 0.410 e. The maximum Gasteiger partial charge on any atom is 0.410 e. The van der Waals surface area contributed by atoms with Crippen LogP contribution >= 0.6 is 0 Å². The van der Waals surface area contributed by atoms with Crippen molar-refractivity contribution in [3.8, 4) is 5.75 Å². The van der Waals surface area contributed by atoms with Crippen LogP contribution in [0.15, 0.2) is 48.5 Å². The number of carbonyl (C=O) groups excluding carboxylic acids is 1. The Labute approximate surface area is 193 Å². The molecule has 1 aliphatic carbocycles. The van der Waals surface area contributed by atoms with E-state index in [2.05, 4.69) is 0 Å². The quantitative estimate of drug-likeness (QED) is 0.481. The molecule has 0 radical (unpaired) electrons. The highest BCUT2D eigenvalue weighted by atomic mass is 19.1. The van der Waals surface area contributed by atoms with Crippen molar-refractivity contribution in [2.75, 3.05) is 26.3 Å². The summed E-state index contributed by atoms with van der Waals surface area (Å²) in [4.78, 5) is 25.4. The van der Waals surface area contributed by atoms with Crippen LogP contribution in [0, 0.1) is 11.7 Å². The number of carbonyl (C=O) groups is 2. The third kappa shape index (κ3) is 8.38. The second kappa shape index (κ2) is 12.2. The lowest BCUT2D eigenvalue weighted by molar-refractivity contribution is -0.149. The zero-order valence-electron chi connectivity index (χ0n) is 18.7. The molecule has 1 aliphatic rings. The zero-order valence-corrected chi connectivity index (χ0v) is 18.7. The second-order valence-corrected chi connectivity index (χ2v) is 8.05. The molecular weight excluding hydrogens is 429 g/mol. The van der Waals surface area contributed by atoms with Crippen LogP contribution in [-0.4, -0.2) is 54.5 Å². The van der Waals surface area contributed by atoms with Gasteiger partial charge in [-0.05, 0) is 61.1 Å². The average molecular weight is 460 g/mol. The molecule has 1 unspecified atom stereocenters. The van der Waals surface area contributed by atoms with Crippen molar-refractivity contribution in [1.29, 1.82) is 0 Å². The van der Waals surface area contributed by atoms with Gasteiger partial charge in [0.05, 0.1) is 6.54 Å². The Kier molecular flexibility index (Phi) is 9.06. The van der Waals surface area contributed by atoms with E-state index < -0.39 is 18.2 Å². The number of carboxylic acid groups (broad SMARTS) is 1. The van der Waals surface area contributed by atoms with Crippen molar-refractivity contribution in [2.45, 2.75) is 38.9 Å². The van der Waals surface area contributed by atoms with Gasteiger partial charge in [-0.15, -0.1) is 0 Å². The molecule has 2 aromatic rings. The molecule has 3 rings (SSSR count). The van der Waals surface area contributed by atoms with E-state index in [9.17, 15) is 19.1 Å². The maximum absolute atomic E-state index is 13.0. The van der Waals surface area contributed by atoms with E-state index in [0.29, 0.717) is 38.0 Å². The number of hydrogen-bond acceptors (Lipinski definition) is 5. The summed E-state index contributed by atoms with van der Waals surface area (Å²) in [7, 11) is 0. The first-order chi connectivity index (χ1) is 15.9. The summed E-state index contributed by atoms with van der Waals surface area (Å²) in [6.07, 6.45) is 1.18. The van der Waals surface area contributed by atoms with Gasteiger partial charge in [-0.3, -0.25) is 0 Å². The highest BCUT2D eigenvalue weighted by Gasteiger charge is 2.27. The molecule has 0 heterocycles. The van der Waals surface area contributed by atoms with Crippen LogP contribution in [0.4, 0.5) is 9.18 Å². The van der Waals surface area contributed by atoms with Crippen molar-refractivity contribution in [3.63, 3.8) is 0 Å². The normalized spacial score (nSPS) is 13.9. The predicted molar refractivity (Wildman–Crippen MR) is 120 cm³/mol. The highest BCUT2D eigenvalue weighted by molar-refractivity contribution is 5.72. The van der Waals surface area contributed by atoms with E-state index in [4.69, 9.17) is 14.2 Å². The highest BCUT2D eigenvalue weighted by Crippen LogP contribution is 2.30. The molecule has 2 aromatic carbocycles. The van der Waals surface area contributed by atoms with Gasteiger partial charge in [0.1, 0.15) is 24.8 Å². The molecule has 1 N–H and O–H groups in total. The van der Waals surface area contributed by atoms with E-state index in [0.717, 1.165) is 24.0 Å². The topological polar surface area (TPSA) is 85.3 Å². The summed E-state index contributed by atoms with van der Waals surface area (Å²) in [6, 6.07) is 13.0. The first-order valence-electron chi connectivity index (χ1n) is 11.2. The number of rotatable bonds is 13. The van der Waals surface area contributed by atoms with Gasteiger partial charge in [0.25, 0.3) is 0 Å². The number of ether oxygens (including phenoxy) is 3. The van der Waals surface area contributed by atoms with Gasteiger partial charge in [0.15, 0.2) is 6.10 Å². The molecule has 1 saturated carbocycles. The van der Waals surface area contributed by atoms with Crippen molar-refractivity contribution >= 4 is 12.1 Å². The number of nitrogens with zero attached hydrogens (tertiary/aromatic N) is 1. The van der Waals surface area contributed by atoms with Gasteiger partial charge in [-0.2, -0.15) is 0 Å². The number of halogens is 1. The van der Waals surface area contributed by atoms with Gasteiger partial charge in [0.2, 0.25) is 0 Å². The molecule has 1 amide bonds. The standard InChI is InChI=1S/C25H30FNO6/c1-2-31-23(24(28)29)15-18-7-11-22(12-8-18)32-14-13-27(16-19-3-4-19)25(30)33-17-20-5-9-21(26)10-6-20/h5-12,19,23H,2-4,13-17H2,1H3,(H,28,29). The van der Waals surface area contributed by atoms with Gasteiger partial charge >= 0.3 is 12.1 Å². The number of hydrogen-bond donors (Lipinski definition) is 1. The Balaban J connectivity index is 1.46. The minimum atomic E-state index is -0.987. The minimum Gasteiger partial charge on any atom is -0.492 e. The van der Waals surface area contributed by atoms with Crippen LogP contribution in [0.2, 0.25) is 0 Å². The monoisotopic (exact) mass is 459 g/mol. The lowest BCUT2D eigenvalue weighted by Crippen LogP contribution is -2.36. The molecule has 0 spiro atoms. The molecule has 178 valence electrons. The fourth-order valence-electron chi connectivity index (χ4n) is 3.31. The molecule has 7 nitrogen and oxygen atoms in total. The maximum atomic E-state index is 13.0. The Hall–Kier alpha value is -3.13. The Morgan fingerprint density at radius 3 is 2.36 bits per heavy atom. The number of benzene rings is 2. The molecule has 0 aliphatic heterocycles. The SMILES string of the molecule is CCOC(Cc1ccc(OCCN(CC2CC2)C(=O)OCc2ccc(F)cc2)cc1)C(=O)O. The Morgan fingerprint density at radius 1 is 1.09 bits per heavy atom. The van der Waals surface area contributed by atoms with Crippen LogP contribution in [0.3, 0.4) is 0 Å². The largest absolute Gasteiger partial charge is 0.492 e. The summed E-state index contributed by atoms with van der Waals surface area (Å²) >= 11 is 0. The van der Waals surface area contributed by atoms with Crippen molar-refractivity contribution < 1.29 is 33.3 Å². The van der Waals surface area contributed by atoms with E-state index in [1.165, 1.54) is 12.1 Å². The van der Waals surface area contributed by atoms with E-state index in [1.54, 1.807) is 36.1 Å². The van der Waals surface area contributed by atoms with E-state index >= 15 is 0 Å². The van der Waals surface area contributed by atoms with E-state index in [-0.39, 0.29) is 18.8 Å². The second-order valence-electron chi connectivity index (χ2n) is 8.05. The van der Waals surface area contributed by atoms with E-state index in [1.807, 2.05) is 12.1 Å². The lowest BCUT2D eigenvalue weighted by atomic mass is 10.1. The predicted octanol–water partition coefficient (Wildman–Crippen LogP) is 4.29. The van der Waals surface area contributed by atoms with Crippen molar-refractivity contribution in [3.05, 3.63) is 65.5 Å². The van der Waals surface area contributed by atoms with Gasteiger partial charge < -0.3 is 24.2 Å². The summed E-state index contributed by atoms with van der Waals surface area (Å²) in [6.45, 7) is 3.49. The third-order valence-corrected chi connectivity index (χ3v) is 5.33. The first-order valence-corrected chi connectivity index (χ1v) is 11.2. The molecule has 8 heteroatoms. The lowest BCUT2D eigenvalue weighted by Gasteiger charge is -2.22. The van der Waals surface area contributed by atoms with Crippen LogP contribution in [0.5, 0.6) is 5.75 Å². The van der Waals surface area contributed by atoms with Crippen LogP contribution in [0.25, 0.3) is 0 Å². The fourth-order valence-corrected chi connectivity index (χ4v) is 3.31. The number of carboxylic acids is 1. The van der Waals surface area contributed by atoms with Crippen LogP contribution in [0.1, 0.15) is 30.9 Å². The average Bonchev–Trinajstić information content (AvgIpc) is 3.62. The summed E-state index contributed by atoms with van der Waals surface area (Å²) in [5.41, 5.74) is 1.56. The third-order valence-electron chi connectivity index (χ3n) is 5.33. The first kappa shape index (κ1) is 24.5. The fraction of sp³-hybridized carbons (Fsp3) is 0.440. The molecule has 0 saturated heterocycles. The molecule has 0 bridgehead atoms. The summed E-state index contributed by atoms with van der Waals surface area (Å²) < 4.78 is 29.5. The minimum absolute atomic E-state index is 0.0850. The van der Waals surface area contributed by atoms with Gasteiger partial charge in [0, 0.05) is 19.6 Å². The van der Waals surface area contributed by atoms with Gasteiger partial charge in [-0.25, -0.2) is 14.0 Å². The van der Waals surface area contributed by atoms with Gasteiger partial charge in [-0.1, -0.05) is 24.3 Å². The Bertz CT molecular complexity index is 898. The molecule has 1 atom stereocenters. The van der Waals surface area contributed by atoms with Crippen molar-refractivity contribution in [2.24, 2.45) is 5.92 Å². The molecular formula is C25H30FNO6.